The fourth-order valence-electron chi connectivity index (χ4n) is 3.59. The number of aliphatic carboxylic acids is 1. The van der Waals surface area contributed by atoms with Crippen LogP contribution in [0.15, 0.2) is 46.2 Å². The van der Waals surface area contributed by atoms with E-state index in [-0.39, 0.29) is 22.5 Å². The Bertz CT molecular complexity index is 1040. The van der Waals surface area contributed by atoms with E-state index >= 15 is 0 Å². The monoisotopic (exact) mass is 439 g/mol. The van der Waals surface area contributed by atoms with E-state index in [0.29, 0.717) is 10.6 Å². The molecule has 5 nitrogen and oxygen atoms in total. The highest BCUT2D eigenvalue weighted by atomic mass is 32.2. The summed E-state index contributed by atoms with van der Waals surface area (Å²) in [6, 6.07) is 11.1. The maximum atomic E-state index is 13.2. The zero-order valence-electron chi connectivity index (χ0n) is 18.8. The Labute approximate surface area is 187 Å². The first-order valence-electron chi connectivity index (χ1n) is 10.2. The molecule has 1 heterocycles. The molecule has 0 saturated heterocycles. The number of phenols is 1. The Morgan fingerprint density at radius 1 is 1.03 bits per heavy atom. The van der Waals surface area contributed by atoms with Gasteiger partial charge in [-0.15, -0.1) is 0 Å². The highest BCUT2D eigenvalue weighted by Gasteiger charge is 2.31. The Hall–Kier alpha value is -2.73. The molecule has 6 heteroatoms. The predicted octanol–water partition coefficient (Wildman–Crippen LogP) is 5.55. The molecule has 2 aromatic carbocycles. The number of phenolic OH excluding ortho intramolecular Hbond substituents is 1. The Morgan fingerprint density at radius 3 is 2.10 bits per heavy atom. The molecule has 0 aromatic heterocycles. The third-order valence-corrected chi connectivity index (χ3v) is 6.25. The van der Waals surface area contributed by atoms with E-state index in [4.69, 9.17) is 0 Å². The summed E-state index contributed by atoms with van der Waals surface area (Å²) in [6.07, 6.45) is 1.79. The zero-order chi connectivity index (χ0) is 23.1. The van der Waals surface area contributed by atoms with E-state index in [1.165, 1.54) is 16.7 Å². The molecule has 2 N–H and O–H groups in total. The molecule has 3 rings (SSSR count). The Kier molecular flexibility index (Phi) is 5.98. The van der Waals surface area contributed by atoms with Crippen molar-refractivity contribution >= 4 is 35.4 Å². The molecule has 0 unspecified atom stereocenters. The van der Waals surface area contributed by atoms with Crippen molar-refractivity contribution in [1.82, 2.24) is 0 Å². The first-order valence-corrected chi connectivity index (χ1v) is 11.0. The molecule has 0 spiro atoms. The van der Waals surface area contributed by atoms with Crippen LogP contribution in [-0.4, -0.2) is 28.6 Å². The summed E-state index contributed by atoms with van der Waals surface area (Å²) in [5.74, 6) is -1.12. The van der Waals surface area contributed by atoms with Crippen molar-refractivity contribution in [3.63, 3.8) is 0 Å². The van der Waals surface area contributed by atoms with E-state index in [2.05, 4.69) is 0 Å². The number of carbonyl (C=O) groups is 2. The molecular weight excluding hydrogens is 410 g/mol. The van der Waals surface area contributed by atoms with Gasteiger partial charge in [-0.1, -0.05) is 65.4 Å². The second-order valence-electron chi connectivity index (χ2n) is 9.83. The highest BCUT2D eigenvalue weighted by Crippen LogP contribution is 2.44. The molecule has 0 bridgehead atoms. The lowest BCUT2D eigenvalue weighted by molar-refractivity contribution is -0.136. The molecule has 1 aliphatic rings. The molecule has 1 amide bonds. The zero-order valence-corrected chi connectivity index (χ0v) is 19.6. The minimum Gasteiger partial charge on any atom is -0.507 e. The van der Waals surface area contributed by atoms with Crippen LogP contribution < -0.4 is 4.90 Å². The van der Waals surface area contributed by atoms with Crippen LogP contribution in [0.2, 0.25) is 0 Å². The van der Waals surface area contributed by atoms with Gasteiger partial charge in [-0.3, -0.25) is 14.5 Å². The number of thioether (sulfide) groups is 1. The van der Waals surface area contributed by atoms with Crippen molar-refractivity contribution < 1.29 is 19.8 Å². The van der Waals surface area contributed by atoms with Crippen molar-refractivity contribution in [2.75, 3.05) is 11.4 Å². The fourth-order valence-corrected chi connectivity index (χ4v) is 4.65. The number of benzene rings is 2. The SMILES string of the molecule is CC(C)(C)c1cc(/C=C2/Sc3ccccc3N(CC(=O)O)C2=O)cc(C(C)(C)C)c1O. The Morgan fingerprint density at radius 2 is 1.58 bits per heavy atom. The van der Waals surface area contributed by atoms with Crippen molar-refractivity contribution in [3.05, 3.63) is 58.0 Å². The van der Waals surface area contributed by atoms with Crippen LogP contribution >= 0.6 is 11.8 Å². The van der Waals surface area contributed by atoms with Crippen LogP contribution in [0.25, 0.3) is 6.08 Å². The van der Waals surface area contributed by atoms with Crippen LogP contribution in [0.4, 0.5) is 5.69 Å². The van der Waals surface area contributed by atoms with Gasteiger partial charge in [0.25, 0.3) is 5.91 Å². The van der Waals surface area contributed by atoms with Crippen LogP contribution in [0.3, 0.4) is 0 Å². The van der Waals surface area contributed by atoms with Gasteiger partial charge in [-0.25, -0.2) is 0 Å². The molecule has 31 heavy (non-hydrogen) atoms. The molecule has 1 aliphatic heterocycles. The average Bonchev–Trinajstić information content (AvgIpc) is 2.64. The predicted molar refractivity (Wildman–Crippen MR) is 126 cm³/mol. The number of hydrogen-bond acceptors (Lipinski definition) is 4. The quantitative estimate of drug-likeness (QED) is 0.613. The molecule has 164 valence electrons. The number of nitrogens with zero attached hydrogens (tertiary/aromatic N) is 1. The minimum atomic E-state index is -1.07. The number of aromatic hydroxyl groups is 1. The second kappa shape index (κ2) is 8.08. The van der Waals surface area contributed by atoms with Crippen LogP contribution in [0, 0.1) is 0 Å². The number of para-hydroxylation sites is 1. The molecule has 0 fully saturated rings. The summed E-state index contributed by atoms with van der Waals surface area (Å²) in [6.45, 7) is 11.8. The molecule has 0 saturated carbocycles. The van der Waals surface area contributed by atoms with Crippen molar-refractivity contribution in [2.45, 2.75) is 57.3 Å². The second-order valence-corrected chi connectivity index (χ2v) is 10.9. The van der Waals surface area contributed by atoms with Crippen molar-refractivity contribution in [1.29, 1.82) is 0 Å². The van der Waals surface area contributed by atoms with Crippen LogP contribution in [0.1, 0.15) is 58.2 Å². The van der Waals surface area contributed by atoms with Gasteiger partial charge >= 0.3 is 5.97 Å². The third kappa shape index (κ3) is 4.79. The van der Waals surface area contributed by atoms with Gasteiger partial charge in [0, 0.05) is 16.0 Å². The summed E-state index contributed by atoms with van der Waals surface area (Å²) in [5, 5.41) is 20.3. The lowest BCUT2D eigenvalue weighted by Gasteiger charge is -2.30. The molecule has 0 aliphatic carbocycles. The van der Waals surface area contributed by atoms with Gasteiger partial charge in [-0.2, -0.15) is 0 Å². The number of carboxylic acid groups (broad SMARTS) is 1. The summed E-state index contributed by atoms with van der Waals surface area (Å²) < 4.78 is 0. The minimum absolute atomic E-state index is 0.280. The lowest BCUT2D eigenvalue weighted by Crippen LogP contribution is -2.38. The normalized spacial score (nSPS) is 15.9. The topological polar surface area (TPSA) is 77.8 Å². The molecule has 0 atom stereocenters. The number of anilines is 1. The summed E-state index contributed by atoms with van der Waals surface area (Å²) >= 11 is 1.34. The first kappa shape index (κ1) is 22.9. The summed E-state index contributed by atoms with van der Waals surface area (Å²) in [7, 11) is 0. The molecule has 0 radical (unpaired) electrons. The van der Waals surface area contributed by atoms with Crippen molar-refractivity contribution in [3.8, 4) is 5.75 Å². The van der Waals surface area contributed by atoms with Crippen LogP contribution in [-0.2, 0) is 20.4 Å². The van der Waals surface area contributed by atoms with E-state index in [0.717, 1.165) is 21.6 Å². The third-order valence-electron chi connectivity index (χ3n) is 5.17. The van der Waals surface area contributed by atoms with E-state index < -0.39 is 12.5 Å². The highest BCUT2D eigenvalue weighted by molar-refractivity contribution is 8.04. The maximum absolute atomic E-state index is 13.2. The Balaban J connectivity index is 2.17. The van der Waals surface area contributed by atoms with E-state index in [9.17, 15) is 19.8 Å². The molecule has 2 aromatic rings. The smallest absolute Gasteiger partial charge is 0.323 e. The van der Waals surface area contributed by atoms with Gasteiger partial charge in [0.1, 0.15) is 12.3 Å². The van der Waals surface area contributed by atoms with Gasteiger partial charge in [-0.05, 0) is 46.7 Å². The number of carbonyl (C=O) groups excluding carboxylic acids is 1. The maximum Gasteiger partial charge on any atom is 0.323 e. The summed E-state index contributed by atoms with van der Waals surface area (Å²) in [5.41, 5.74) is 2.45. The van der Waals surface area contributed by atoms with Gasteiger partial charge in [0.15, 0.2) is 0 Å². The van der Waals surface area contributed by atoms with E-state index in [1.54, 1.807) is 18.2 Å². The molecular formula is C25H29NO4S. The number of hydrogen-bond donors (Lipinski definition) is 2. The largest absolute Gasteiger partial charge is 0.507 e. The van der Waals surface area contributed by atoms with E-state index in [1.807, 2.05) is 65.8 Å². The number of fused-ring (bicyclic) bond motifs is 1. The lowest BCUT2D eigenvalue weighted by atomic mass is 9.78. The summed E-state index contributed by atoms with van der Waals surface area (Å²) in [4.78, 5) is 27.2. The van der Waals surface area contributed by atoms with Gasteiger partial charge in [0.05, 0.1) is 10.6 Å². The first-order chi connectivity index (χ1) is 14.3. The number of rotatable bonds is 3. The number of amides is 1. The van der Waals surface area contributed by atoms with Gasteiger partial charge in [0.2, 0.25) is 0 Å². The number of carboxylic acids is 1. The van der Waals surface area contributed by atoms with Gasteiger partial charge < -0.3 is 10.2 Å². The average molecular weight is 440 g/mol. The van der Waals surface area contributed by atoms with Crippen LogP contribution in [0.5, 0.6) is 5.75 Å². The van der Waals surface area contributed by atoms with Crippen molar-refractivity contribution in [2.24, 2.45) is 0 Å². The fraction of sp³-hybridized carbons (Fsp3) is 0.360. The standard InChI is InChI=1S/C25H29NO4S/c1-24(2,3)16-11-15(12-17(22(16)29)25(4,5)6)13-20-23(30)26(14-21(27)28)18-9-7-8-10-19(18)31-20/h7-13,29H,14H2,1-6H3,(H,27,28)/b20-13+.